The maximum atomic E-state index is 9.30. The summed E-state index contributed by atoms with van der Waals surface area (Å²) in [6, 6.07) is 3.86. The Hall–Kier alpha value is -1.29. The molecule has 0 saturated carbocycles. The van der Waals surface area contributed by atoms with E-state index >= 15 is 0 Å². The predicted molar refractivity (Wildman–Crippen MR) is 60.7 cm³/mol. The first-order valence-electron chi connectivity index (χ1n) is 5.41. The number of aliphatic hydroxyl groups is 1. The lowest BCUT2D eigenvalue weighted by Crippen LogP contribution is -2.42. The lowest BCUT2D eigenvalue weighted by Gasteiger charge is -2.36. The van der Waals surface area contributed by atoms with Crippen LogP contribution in [0, 0.1) is 0 Å². The van der Waals surface area contributed by atoms with Gasteiger partial charge in [0.1, 0.15) is 0 Å². The molecule has 1 saturated heterocycles. The van der Waals surface area contributed by atoms with Gasteiger partial charge in [0.15, 0.2) is 5.82 Å². The highest BCUT2D eigenvalue weighted by Crippen LogP contribution is 2.26. The lowest BCUT2D eigenvalue weighted by molar-refractivity contribution is 0.239. The van der Waals surface area contributed by atoms with Gasteiger partial charge in [0.25, 0.3) is 0 Å². The molecule has 0 aromatic carbocycles. The van der Waals surface area contributed by atoms with Crippen LogP contribution in [0.15, 0.2) is 18.3 Å². The standard InChI is InChI=1S/C11H17N3O/c12-10-5-3-6-13-11(10)14-7-2-1-4-9(14)8-15/h3,5-6,9,15H,1-2,4,7-8,12H2/t9-/m0/s1. The van der Waals surface area contributed by atoms with Crippen LogP contribution >= 0.6 is 0 Å². The fourth-order valence-corrected chi connectivity index (χ4v) is 2.12. The first-order valence-corrected chi connectivity index (χ1v) is 5.41. The predicted octanol–water partition coefficient (Wildman–Crippen LogP) is 1.01. The van der Waals surface area contributed by atoms with Crippen LogP contribution in [0.4, 0.5) is 11.5 Å². The normalized spacial score (nSPS) is 21.7. The fraction of sp³-hybridized carbons (Fsp3) is 0.545. The van der Waals surface area contributed by atoms with Crippen molar-refractivity contribution >= 4 is 11.5 Å². The molecule has 4 heteroatoms. The van der Waals surface area contributed by atoms with Crippen molar-refractivity contribution in [1.29, 1.82) is 0 Å². The molecule has 3 N–H and O–H groups in total. The molecule has 0 radical (unpaired) electrons. The quantitative estimate of drug-likeness (QED) is 0.760. The number of piperidine rings is 1. The summed E-state index contributed by atoms with van der Waals surface area (Å²) in [5.41, 5.74) is 6.57. The Morgan fingerprint density at radius 2 is 2.40 bits per heavy atom. The second-order valence-electron chi connectivity index (χ2n) is 3.94. The molecule has 0 aliphatic carbocycles. The maximum Gasteiger partial charge on any atom is 0.152 e. The topological polar surface area (TPSA) is 62.4 Å². The van der Waals surface area contributed by atoms with Crippen LogP contribution in [-0.4, -0.2) is 29.3 Å². The van der Waals surface area contributed by atoms with Gasteiger partial charge in [-0.05, 0) is 31.4 Å². The van der Waals surface area contributed by atoms with E-state index in [9.17, 15) is 5.11 Å². The highest BCUT2D eigenvalue weighted by molar-refractivity contribution is 5.62. The minimum atomic E-state index is 0.177. The van der Waals surface area contributed by atoms with Gasteiger partial charge in [0.05, 0.1) is 18.3 Å². The molecule has 1 fully saturated rings. The van der Waals surface area contributed by atoms with Crippen LogP contribution in [-0.2, 0) is 0 Å². The lowest BCUT2D eigenvalue weighted by atomic mass is 10.0. The molecule has 1 aliphatic rings. The summed E-state index contributed by atoms with van der Waals surface area (Å²) in [6.07, 6.45) is 5.09. The molecule has 4 nitrogen and oxygen atoms in total. The highest BCUT2D eigenvalue weighted by Gasteiger charge is 2.23. The monoisotopic (exact) mass is 207 g/mol. The second kappa shape index (κ2) is 4.49. The average Bonchev–Trinajstić information content (AvgIpc) is 2.30. The van der Waals surface area contributed by atoms with Crippen LogP contribution in [0.2, 0.25) is 0 Å². The largest absolute Gasteiger partial charge is 0.396 e. The van der Waals surface area contributed by atoms with Crippen molar-refractivity contribution in [2.75, 3.05) is 23.8 Å². The number of nitrogens with two attached hydrogens (primary N) is 1. The third kappa shape index (κ3) is 2.04. The highest BCUT2D eigenvalue weighted by atomic mass is 16.3. The number of aliphatic hydroxyl groups excluding tert-OH is 1. The fourth-order valence-electron chi connectivity index (χ4n) is 2.12. The van der Waals surface area contributed by atoms with Gasteiger partial charge in [-0.2, -0.15) is 0 Å². The van der Waals surface area contributed by atoms with Crippen molar-refractivity contribution in [2.24, 2.45) is 0 Å². The molecule has 15 heavy (non-hydrogen) atoms. The third-order valence-corrected chi connectivity index (χ3v) is 2.93. The number of nitrogens with zero attached hydrogens (tertiary/aromatic N) is 2. The smallest absolute Gasteiger partial charge is 0.152 e. The minimum absolute atomic E-state index is 0.177. The average molecular weight is 207 g/mol. The molecule has 0 amide bonds. The molecular formula is C11H17N3O. The molecule has 0 unspecified atom stereocenters. The van der Waals surface area contributed by atoms with Crippen molar-refractivity contribution < 1.29 is 5.11 Å². The molecule has 1 aromatic heterocycles. The molecule has 0 bridgehead atoms. The molecule has 0 spiro atoms. The minimum Gasteiger partial charge on any atom is -0.396 e. The zero-order chi connectivity index (χ0) is 10.7. The van der Waals surface area contributed by atoms with Crippen LogP contribution in [0.1, 0.15) is 19.3 Å². The Balaban J connectivity index is 2.24. The number of hydrogen-bond acceptors (Lipinski definition) is 4. The van der Waals surface area contributed by atoms with Crippen molar-refractivity contribution in [2.45, 2.75) is 25.3 Å². The Kier molecular flexibility index (Phi) is 3.06. The van der Waals surface area contributed by atoms with Gasteiger partial charge in [0.2, 0.25) is 0 Å². The molecule has 2 heterocycles. The van der Waals surface area contributed by atoms with Crippen molar-refractivity contribution in [3.8, 4) is 0 Å². The van der Waals surface area contributed by atoms with E-state index in [4.69, 9.17) is 5.73 Å². The number of nitrogen functional groups attached to an aromatic ring is 1. The van der Waals surface area contributed by atoms with Crippen molar-refractivity contribution in [1.82, 2.24) is 4.98 Å². The SMILES string of the molecule is Nc1cccnc1N1CCCC[C@H]1CO. The third-order valence-electron chi connectivity index (χ3n) is 2.93. The summed E-state index contributed by atoms with van der Waals surface area (Å²) in [6.45, 7) is 1.11. The van der Waals surface area contributed by atoms with Gasteiger partial charge in [-0.15, -0.1) is 0 Å². The molecule has 82 valence electrons. The van der Waals surface area contributed by atoms with E-state index in [1.165, 1.54) is 6.42 Å². The van der Waals surface area contributed by atoms with E-state index in [0.717, 1.165) is 25.2 Å². The summed E-state index contributed by atoms with van der Waals surface area (Å²) in [5, 5.41) is 9.30. The van der Waals surface area contributed by atoms with E-state index in [-0.39, 0.29) is 12.6 Å². The maximum absolute atomic E-state index is 9.30. The number of rotatable bonds is 2. The summed E-state index contributed by atoms with van der Waals surface area (Å²) >= 11 is 0. The summed E-state index contributed by atoms with van der Waals surface area (Å²) < 4.78 is 0. The molecule has 1 atom stereocenters. The number of pyridine rings is 1. The van der Waals surface area contributed by atoms with Gasteiger partial charge in [0, 0.05) is 12.7 Å². The van der Waals surface area contributed by atoms with Gasteiger partial charge in [-0.3, -0.25) is 0 Å². The zero-order valence-corrected chi connectivity index (χ0v) is 8.76. The summed E-state index contributed by atoms with van der Waals surface area (Å²) in [4.78, 5) is 6.41. The van der Waals surface area contributed by atoms with Crippen molar-refractivity contribution in [3.63, 3.8) is 0 Å². The summed E-state index contributed by atoms with van der Waals surface area (Å²) in [7, 11) is 0. The van der Waals surface area contributed by atoms with Crippen LogP contribution in [0.5, 0.6) is 0 Å². The summed E-state index contributed by atoms with van der Waals surface area (Å²) in [5.74, 6) is 0.816. The molecule has 1 aliphatic heterocycles. The van der Waals surface area contributed by atoms with Gasteiger partial charge >= 0.3 is 0 Å². The van der Waals surface area contributed by atoms with Crippen LogP contribution < -0.4 is 10.6 Å². The van der Waals surface area contributed by atoms with E-state index in [1.54, 1.807) is 6.20 Å². The Labute approximate surface area is 89.7 Å². The Bertz CT molecular complexity index is 329. The van der Waals surface area contributed by atoms with Crippen LogP contribution in [0.3, 0.4) is 0 Å². The molecular weight excluding hydrogens is 190 g/mol. The van der Waals surface area contributed by atoms with Gasteiger partial charge in [-0.25, -0.2) is 4.98 Å². The van der Waals surface area contributed by atoms with E-state index in [2.05, 4.69) is 9.88 Å². The first kappa shape index (κ1) is 10.2. The second-order valence-corrected chi connectivity index (χ2v) is 3.94. The van der Waals surface area contributed by atoms with E-state index in [1.807, 2.05) is 12.1 Å². The van der Waals surface area contributed by atoms with Gasteiger partial charge < -0.3 is 15.7 Å². The zero-order valence-electron chi connectivity index (χ0n) is 8.76. The van der Waals surface area contributed by atoms with E-state index in [0.29, 0.717) is 5.69 Å². The Morgan fingerprint density at radius 1 is 1.53 bits per heavy atom. The molecule has 2 rings (SSSR count). The number of hydrogen-bond donors (Lipinski definition) is 2. The Morgan fingerprint density at radius 3 is 3.13 bits per heavy atom. The van der Waals surface area contributed by atoms with Crippen molar-refractivity contribution in [3.05, 3.63) is 18.3 Å². The first-order chi connectivity index (χ1) is 7.33. The van der Waals surface area contributed by atoms with Crippen LogP contribution in [0.25, 0.3) is 0 Å². The van der Waals surface area contributed by atoms with E-state index < -0.39 is 0 Å². The number of anilines is 2. The van der Waals surface area contributed by atoms with Gasteiger partial charge in [-0.1, -0.05) is 0 Å². The molecule has 1 aromatic rings. The number of aromatic nitrogens is 1.